The number of benzene rings is 2. The summed E-state index contributed by atoms with van der Waals surface area (Å²) in [6.45, 7) is 3.64. The maximum atomic E-state index is 13.6. The summed E-state index contributed by atoms with van der Waals surface area (Å²) in [6, 6.07) is 10.4. The number of halogens is 2. The molecule has 0 atom stereocenters. The van der Waals surface area contributed by atoms with Crippen molar-refractivity contribution in [2.45, 2.75) is 26.7 Å². The van der Waals surface area contributed by atoms with E-state index in [0.29, 0.717) is 29.3 Å². The molecule has 0 saturated carbocycles. The van der Waals surface area contributed by atoms with Crippen LogP contribution in [0.1, 0.15) is 23.4 Å². The molecule has 0 aliphatic carbocycles. The summed E-state index contributed by atoms with van der Waals surface area (Å²) in [5.74, 6) is 0.178. The number of hydrogen-bond donors (Lipinski definition) is 1. The van der Waals surface area contributed by atoms with Crippen LogP contribution in [0.2, 0.25) is 0 Å². The molecule has 1 aromatic heterocycles. The van der Waals surface area contributed by atoms with Crippen LogP contribution >= 0.6 is 15.9 Å². The number of aryl methyl sites for hydroxylation is 3. The van der Waals surface area contributed by atoms with E-state index < -0.39 is 0 Å². The number of carbonyl (C=O) groups is 1. The summed E-state index contributed by atoms with van der Waals surface area (Å²) < 4.78 is 19.8. The van der Waals surface area contributed by atoms with Gasteiger partial charge in [-0.1, -0.05) is 33.2 Å². The summed E-state index contributed by atoms with van der Waals surface area (Å²) in [5, 5.41) is 6.68. The third-order valence-corrected chi connectivity index (χ3v) is 4.80. The normalized spacial score (nSPS) is 10.8. The van der Waals surface area contributed by atoms with Crippen LogP contribution in [0, 0.1) is 19.7 Å². The van der Waals surface area contributed by atoms with Gasteiger partial charge in [0.15, 0.2) is 0 Å². The van der Waals surface area contributed by atoms with Gasteiger partial charge in [0.2, 0.25) is 17.6 Å². The molecule has 26 heavy (non-hydrogen) atoms. The number of nitrogens with zero attached hydrogens (tertiary/aromatic N) is 2. The Balaban J connectivity index is 1.59. The fourth-order valence-electron chi connectivity index (χ4n) is 2.37. The Bertz CT molecular complexity index is 956. The third kappa shape index (κ3) is 4.35. The van der Waals surface area contributed by atoms with Crippen LogP contribution in [0.25, 0.3) is 11.4 Å². The summed E-state index contributed by atoms with van der Waals surface area (Å²) in [4.78, 5) is 16.3. The van der Waals surface area contributed by atoms with Crippen molar-refractivity contribution in [3.63, 3.8) is 0 Å². The van der Waals surface area contributed by atoms with Gasteiger partial charge in [0.1, 0.15) is 5.82 Å². The average Bonchev–Trinajstić information content (AvgIpc) is 3.08. The Hall–Kier alpha value is -2.54. The lowest BCUT2D eigenvalue weighted by molar-refractivity contribution is -0.116. The Labute approximate surface area is 158 Å². The summed E-state index contributed by atoms with van der Waals surface area (Å²) >= 11 is 3.42. The predicted molar refractivity (Wildman–Crippen MR) is 100 cm³/mol. The van der Waals surface area contributed by atoms with Gasteiger partial charge in [-0.3, -0.25) is 4.79 Å². The molecule has 0 radical (unpaired) electrons. The summed E-state index contributed by atoms with van der Waals surface area (Å²) in [6.07, 6.45) is 0.516. The smallest absolute Gasteiger partial charge is 0.227 e. The van der Waals surface area contributed by atoms with Gasteiger partial charge in [-0.15, -0.1) is 0 Å². The van der Waals surface area contributed by atoms with Crippen LogP contribution < -0.4 is 5.32 Å². The number of anilines is 1. The monoisotopic (exact) mass is 417 g/mol. The van der Waals surface area contributed by atoms with Gasteiger partial charge in [0, 0.05) is 28.6 Å². The zero-order valence-corrected chi connectivity index (χ0v) is 15.9. The van der Waals surface area contributed by atoms with E-state index in [-0.39, 0.29) is 18.1 Å². The lowest BCUT2D eigenvalue weighted by atomic mass is 10.1. The highest BCUT2D eigenvalue weighted by atomic mass is 79.9. The Morgan fingerprint density at radius 1 is 1.19 bits per heavy atom. The van der Waals surface area contributed by atoms with Crippen molar-refractivity contribution in [2.24, 2.45) is 0 Å². The first-order valence-electron chi connectivity index (χ1n) is 8.07. The van der Waals surface area contributed by atoms with Crippen molar-refractivity contribution in [1.29, 1.82) is 0 Å². The number of hydrogen-bond acceptors (Lipinski definition) is 4. The Morgan fingerprint density at radius 2 is 2.00 bits per heavy atom. The number of aromatic nitrogens is 2. The van der Waals surface area contributed by atoms with Gasteiger partial charge in [-0.2, -0.15) is 4.98 Å². The van der Waals surface area contributed by atoms with Gasteiger partial charge >= 0.3 is 0 Å². The molecule has 3 rings (SSSR count). The standard InChI is InChI=1S/C19H17BrFN3O2/c1-11-3-4-13(10-16(11)21)19-23-18(26-24-19)8-7-17(25)22-14-5-6-15(20)12(2)9-14/h3-6,9-10H,7-8H2,1-2H3,(H,22,25). The molecule has 3 aromatic rings. The molecule has 0 saturated heterocycles. The molecule has 0 bridgehead atoms. The summed E-state index contributed by atoms with van der Waals surface area (Å²) in [5.41, 5.74) is 2.86. The highest BCUT2D eigenvalue weighted by Crippen LogP contribution is 2.21. The maximum absolute atomic E-state index is 13.6. The largest absolute Gasteiger partial charge is 0.339 e. The molecule has 0 spiro atoms. The Kier molecular flexibility index (Phi) is 5.46. The van der Waals surface area contributed by atoms with Crippen molar-refractivity contribution >= 4 is 27.5 Å². The molecular formula is C19H17BrFN3O2. The molecule has 5 nitrogen and oxygen atoms in total. The van der Waals surface area contributed by atoms with Crippen LogP contribution in [-0.2, 0) is 11.2 Å². The van der Waals surface area contributed by atoms with Crippen LogP contribution in [-0.4, -0.2) is 16.0 Å². The number of nitrogens with one attached hydrogen (secondary N) is 1. The van der Waals surface area contributed by atoms with E-state index in [1.54, 1.807) is 19.1 Å². The van der Waals surface area contributed by atoms with Gasteiger partial charge < -0.3 is 9.84 Å². The highest BCUT2D eigenvalue weighted by molar-refractivity contribution is 9.10. The molecule has 0 unspecified atom stereocenters. The van der Waals surface area contributed by atoms with E-state index in [9.17, 15) is 9.18 Å². The molecular weight excluding hydrogens is 401 g/mol. The van der Waals surface area contributed by atoms with Gasteiger partial charge in [0.25, 0.3) is 0 Å². The molecule has 2 aromatic carbocycles. The van der Waals surface area contributed by atoms with E-state index >= 15 is 0 Å². The van der Waals surface area contributed by atoms with Crippen molar-refractivity contribution in [3.05, 3.63) is 63.7 Å². The number of rotatable bonds is 5. The van der Waals surface area contributed by atoms with Crippen LogP contribution in [0.5, 0.6) is 0 Å². The molecule has 1 N–H and O–H groups in total. The first-order valence-corrected chi connectivity index (χ1v) is 8.87. The van der Waals surface area contributed by atoms with Crippen LogP contribution in [0.15, 0.2) is 45.4 Å². The second-order valence-corrected chi connectivity index (χ2v) is 6.84. The molecule has 0 aliphatic heterocycles. The SMILES string of the molecule is Cc1ccc(-c2noc(CCC(=O)Nc3ccc(Br)c(C)c3)n2)cc1F. The fourth-order valence-corrected chi connectivity index (χ4v) is 2.62. The van der Waals surface area contributed by atoms with Crippen molar-refractivity contribution < 1.29 is 13.7 Å². The summed E-state index contributed by atoms with van der Waals surface area (Å²) in [7, 11) is 0. The molecule has 1 amide bonds. The van der Waals surface area contributed by atoms with Crippen molar-refractivity contribution in [3.8, 4) is 11.4 Å². The van der Waals surface area contributed by atoms with Crippen molar-refractivity contribution in [1.82, 2.24) is 10.1 Å². The number of carbonyl (C=O) groups excluding carboxylic acids is 1. The maximum Gasteiger partial charge on any atom is 0.227 e. The molecule has 0 fully saturated rings. The minimum absolute atomic E-state index is 0.146. The van der Waals surface area contributed by atoms with E-state index in [1.165, 1.54) is 6.07 Å². The van der Waals surface area contributed by atoms with E-state index in [2.05, 4.69) is 31.4 Å². The van der Waals surface area contributed by atoms with Crippen LogP contribution in [0.3, 0.4) is 0 Å². The lowest BCUT2D eigenvalue weighted by Crippen LogP contribution is -2.12. The molecule has 0 aliphatic rings. The second kappa shape index (κ2) is 7.78. The van der Waals surface area contributed by atoms with E-state index in [0.717, 1.165) is 15.7 Å². The molecule has 7 heteroatoms. The zero-order chi connectivity index (χ0) is 18.7. The highest BCUT2D eigenvalue weighted by Gasteiger charge is 2.12. The first-order chi connectivity index (χ1) is 12.4. The van der Waals surface area contributed by atoms with Crippen molar-refractivity contribution in [2.75, 3.05) is 5.32 Å². The minimum atomic E-state index is -0.321. The quantitative estimate of drug-likeness (QED) is 0.645. The fraction of sp³-hybridized carbons (Fsp3) is 0.211. The lowest BCUT2D eigenvalue weighted by Gasteiger charge is -2.06. The van der Waals surface area contributed by atoms with Gasteiger partial charge in [0.05, 0.1) is 0 Å². The van der Waals surface area contributed by atoms with Gasteiger partial charge in [-0.05, 0) is 49.2 Å². The van der Waals surface area contributed by atoms with Gasteiger partial charge in [-0.25, -0.2) is 4.39 Å². The number of amides is 1. The Morgan fingerprint density at radius 3 is 2.73 bits per heavy atom. The van der Waals surface area contributed by atoms with E-state index in [1.807, 2.05) is 25.1 Å². The van der Waals surface area contributed by atoms with E-state index in [4.69, 9.17) is 4.52 Å². The average molecular weight is 418 g/mol. The minimum Gasteiger partial charge on any atom is -0.339 e. The molecule has 1 heterocycles. The predicted octanol–water partition coefficient (Wildman–Crippen LogP) is 4.83. The zero-order valence-electron chi connectivity index (χ0n) is 14.3. The topological polar surface area (TPSA) is 68.0 Å². The molecule has 134 valence electrons. The van der Waals surface area contributed by atoms with Crippen LogP contribution in [0.4, 0.5) is 10.1 Å². The third-order valence-electron chi connectivity index (χ3n) is 3.91. The first kappa shape index (κ1) is 18.3. The second-order valence-electron chi connectivity index (χ2n) is 5.99.